The number of benzene rings is 1. The van der Waals surface area contributed by atoms with E-state index in [0.29, 0.717) is 57.1 Å². The van der Waals surface area contributed by atoms with Crippen LogP contribution in [0.15, 0.2) is 30.9 Å². The number of aryl methyl sites for hydroxylation is 1. The van der Waals surface area contributed by atoms with Gasteiger partial charge >= 0.3 is 12.2 Å². The first kappa shape index (κ1) is 30.6. The molecule has 2 fully saturated rings. The van der Waals surface area contributed by atoms with E-state index in [4.69, 9.17) is 14.7 Å². The molecule has 4 heterocycles. The van der Waals surface area contributed by atoms with Gasteiger partial charge in [-0.3, -0.25) is 4.79 Å². The van der Waals surface area contributed by atoms with Gasteiger partial charge in [0, 0.05) is 43.5 Å². The molecule has 43 heavy (non-hydrogen) atoms. The number of hydrogen-bond donors (Lipinski definition) is 0. The Morgan fingerprint density at radius 1 is 1.16 bits per heavy atom. The molecule has 3 aliphatic rings. The minimum absolute atomic E-state index is 0.140. The van der Waals surface area contributed by atoms with Gasteiger partial charge < -0.3 is 24.3 Å². The number of nitrogens with zero attached hydrogens (tertiary/aromatic N) is 7. The second-order valence-corrected chi connectivity index (χ2v) is 11.5. The zero-order valence-corrected chi connectivity index (χ0v) is 24.7. The highest BCUT2D eigenvalue weighted by Crippen LogP contribution is 2.40. The van der Waals surface area contributed by atoms with Gasteiger partial charge in [0.25, 0.3) is 0 Å². The van der Waals surface area contributed by atoms with Crippen LogP contribution < -0.4 is 14.5 Å². The number of anilines is 2. The van der Waals surface area contributed by atoms with Gasteiger partial charge in [-0.15, -0.1) is 0 Å². The topological polar surface area (TPSA) is 88.8 Å². The Morgan fingerprint density at radius 3 is 2.67 bits per heavy atom. The summed E-state index contributed by atoms with van der Waals surface area (Å²) < 4.78 is 48.7. The van der Waals surface area contributed by atoms with Crippen molar-refractivity contribution in [2.75, 3.05) is 56.2 Å². The highest BCUT2D eigenvalue weighted by atomic mass is 19.4. The Hall–Kier alpha value is -3.85. The fraction of sp³-hybridized carbons (Fsp3) is 0.548. The van der Waals surface area contributed by atoms with Gasteiger partial charge in [-0.1, -0.05) is 18.7 Å². The maximum atomic E-state index is 14.2. The van der Waals surface area contributed by atoms with Crippen LogP contribution in [-0.2, 0) is 23.9 Å². The molecule has 0 bridgehead atoms. The molecule has 0 saturated carbocycles. The number of carbonyl (C=O) groups is 1. The summed E-state index contributed by atoms with van der Waals surface area (Å²) in [6.45, 7) is 8.35. The lowest BCUT2D eigenvalue weighted by Gasteiger charge is -2.41. The Balaban J connectivity index is 1.52. The third-order valence-electron chi connectivity index (χ3n) is 8.76. The molecule has 2 atom stereocenters. The van der Waals surface area contributed by atoms with Gasteiger partial charge in [0.05, 0.1) is 36.3 Å². The van der Waals surface area contributed by atoms with Crippen LogP contribution in [0.4, 0.5) is 24.7 Å². The number of halogens is 3. The van der Waals surface area contributed by atoms with Crippen LogP contribution in [-0.4, -0.2) is 84.1 Å². The predicted molar refractivity (Wildman–Crippen MR) is 157 cm³/mol. The van der Waals surface area contributed by atoms with Crippen LogP contribution in [0.3, 0.4) is 0 Å². The molecule has 0 radical (unpaired) electrons. The number of aromatic nitrogens is 2. The number of carbonyl (C=O) groups excluding carboxylic acids is 1. The van der Waals surface area contributed by atoms with Gasteiger partial charge in [0.1, 0.15) is 12.4 Å². The number of likely N-dealkylation sites (N-methyl/N-ethyl adjacent to an activating group) is 1. The maximum Gasteiger partial charge on any atom is 0.418 e. The third-order valence-corrected chi connectivity index (χ3v) is 8.76. The van der Waals surface area contributed by atoms with E-state index in [1.54, 1.807) is 15.9 Å². The van der Waals surface area contributed by atoms with Crippen molar-refractivity contribution in [2.24, 2.45) is 0 Å². The van der Waals surface area contributed by atoms with Gasteiger partial charge in [0.15, 0.2) is 0 Å². The summed E-state index contributed by atoms with van der Waals surface area (Å²) in [5.74, 6) is 0.441. The summed E-state index contributed by atoms with van der Waals surface area (Å²) in [5.41, 5.74) is 1.19. The summed E-state index contributed by atoms with van der Waals surface area (Å²) >= 11 is 0. The smallest absolute Gasteiger partial charge is 0.418 e. The summed E-state index contributed by atoms with van der Waals surface area (Å²) in [4.78, 5) is 29.9. The molecule has 9 nitrogen and oxygen atoms in total. The van der Waals surface area contributed by atoms with Gasteiger partial charge in [0.2, 0.25) is 5.91 Å². The molecule has 1 aromatic carbocycles. The maximum absolute atomic E-state index is 14.2. The predicted octanol–water partition coefficient (Wildman–Crippen LogP) is 4.35. The standard InChI is InChI=1S/C31H38F3N7O2/c1-4-27(42)41-17-16-40(18-22(41)12-13-35)29-24-10-7-15-39(26-11-5-8-21(2)28(26)31(32,33)34)19-25(24)36-30(37-29)43-20-23-9-6-14-38(23)3/h4-5,8,11,22-23H,1,6-7,9-10,12,14-20H2,2-3H3/t22?,23-/m0/s1. The quantitative estimate of drug-likeness (QED) is 0.436. The molecule has 0 N–H and O–H groups in total. The van der Waals surface area contributed by atoms with Gasteiger partial charge in [-0.2, -0.15) is 28.4 Å². The van der Waals surface area contributed by atoms with Crippen LogP contribution in [0.25, 0.3) is 0 Å². The number of rotatable bonds is 7. The molecule has 2 aromatic rings. The van der Waals surface area contributed by atoms with Crippen LogP contribution in [0, 0.1) is 18.3 Å². The van der Waals surface area contributed by atoms with E-state index in [2.05, 4.69) is 29.5 Å². The molecule has 230 valence electrons. The van der Waals surface area contributed by atoms with Crippen molar-refractivity contribution in [1.29, 1.82) is 5.26 Å². The average molecular weight is 598 g/mol. The van der Waals surface area contributed by atoms with Gasteiger partial charge in [-0.25, -0.2) is 0 Å². The number of alkyl halides is 3. The molecule has 0 aliphatic carbocycles. The van der Waals surface area contributed by atoms with E-state index in [1.807, 2.05) is 0 Å². The molecule has 1 unspecified atom stereocenters. The lowest BCUT2D eigenvalue weighted by Crippen LogP contribution is -2.55. The highest BCUT2D eigenvalue weighted by Gasteiger charge is 2.38. The van der Waals surface area contributed by atoms with Crippen molar-refractivity contribution < 1.29 is 22.7 Å². The summed E-state index contributed by atoms with van der Waals surface area (Å²) in [5, 5.41) is 9.49. The Morgan fingerprint density at radius 2 is 1.98 bits per heavy atom. The first-order valence-corrected chi connectivity index (χ1v) is 14.8. The normalized spacial score (nSPS) is 21.3. The Bertz CT molecular complexity index is 1390. The minimum Gasteiger partial charge on any atom is -0.462 e. The minimum atomic E-state index is -4.49. The number of likely N-dealkylation sites (tertiary alicyclic amines) is 1. The second-order valence-electron chi connectivity index (χ2n) is 11.5. The molecule has 1 aromatic heterocycles. The lowest BCUT2D eigenvalue weighted by atomic mass is 10.0. The Kier molecular flexibility index (Phi) is 9.11. The van der Waals surface area contributed by atoms with Crippen LogP contribution >= 0.6 is 0 Å². The van der Waals surface area contributed by atoms with E-state index in [0.717, 1.165) is 24.9 Å². The summed E-state index contributed by atoms with van der Waals surface area (Å²) in [6.07, 6.45) is 0.200. The van der Waals surface area contributed by atoms with Crippen molar-refractivity contribution in [1.82, 2.24) is 19.8 Å². The zero-order chi connectivity index (χ0) is 30.7. The fourth-order valence-corrected chi connectivity index (χ4v) is 6.50. The number of piperazine rings is 1. The Labute approximate surface area is 250 Å². The number of amides is 1. The van der Waals surface area contributed by atoms with E-state index >= 15 is 0 Å². The lowest BCUT2D eigenvalue weighted by molar-refractivity contribution is -0.137. The van der Waals surface area contributed by atoms with Crippen LogP contribution in [0.2, 0.25) is 0 Å². The molecule has 2 saturated heterocycles. The molecular formula is C31H38F3N7O2. The van der Waals surface area contributed by atoms with E-state index in [-0.39, 0.29) is 48.2 Å². The third kappa shape index (κ3) is 6.56. The van der Waals surface area contributed by atoms with Crippen molar-refractivity contribution in [3.63, 3.8) is 0 Å². The van der Waals surface area contributed by atoms with Crippen molar-refractivity contribution in [2.45, 2.75) is 63.8 Å². The number of hydrogen-bond acceptors (Lipinski definition) is 8. The number of fused-ring (bicyclic) bond motifs is 1. The average Bonchev–Trinajstić information content (AvgIpc) is 3.26. The van der Waals surface area contributed by atoms with E-state index < -0.39 is 11.7 Å². The molecule has 0 spiro atoms. The first-order chi connectivity index (χ1) is 20.6. The van der Waals surface area contributed by atoms with Crippen LogP contribution in [0.1, 0.15) is 48.1 Å². The first-order valence-electron chi connectivity index (χ1n) is 14.8. The van der Waals surface area contributed by atoms with E-state index in [1.165, 1.54) is 25.1 Å². The fourth-order valence-electron chi connectivity index (χ4n) is 6.50. The zero-order valence-electron chi connectivity index (χ0n) is 24.7. The van der Waals surface area contributed by atoms with Gasteiger partial charge in [-0.05, 0) is 63.9 Å². The van der Waals surface area contributed by atoms with Crippen molar-refractivity contribution in [3.05, 3.63) is 53.2 Å². The summed E-state index contributed by atoms with van der Waals surface area (Å²) in [6, 6.07) is 6.93. The second kappa shape index (κ2) is 12.8. The molecule has 3 aliphatic heterocycles. The number of nitriles is 1. The summed E-state index contributed by atoms with van der Waals surface area (Å²) in [7, 11) is 2.06. The monoisotopic (exact) mass is 597 g/mol. The molecule has 1 amide bonds. The van der Waals surface area contributed by atoms with Crippen molar-refractivity contribution in [3.8, 4) is 12.1 Å². The van der Waals surface area contributed by atoms with Crippen molar-refractivity contribution >= 4 is 17.4 Å². The highest BCUT2D eigenvalue weighted by molar-refractivity contribution is 5.87. The SMILES string of the molecule is C=CC(=O)N1CCN(c2nc(OC[C@@H]3CCCN3C)nc3c2CCCN(c2cccc(C)c2C(F)(F)F)C3)CC1CC#N. The molecule has 5 rings (SSSR count). The molecular weight excluding hydrogens is 559 g/mol. The molecule has 12 heteroatoms. The van der Waals surface area contributed by atoms with Crippen LogP contribution in [0.5, 0.6) is 6.01 Å². The van der Waals surface area contributed by atoms with E-state index in [9.17, 15) is 23.2 Å². The number of ether oxygens (including phenoxy) is 1. The largest absolute Gasteiger partial charge is 0.462 e.